The van der Waals surface area contributed by atoms with Gasteiger partial charge in [0.05, 0.1) is 17.1 Å². The molecule has 2 aromatic heterocycles. The Kier molecular flexibility index (Phi) is 5.07. The summed E-state index contributed by atoms with van der Waals surface area (Å²) in [6.07, 6.45) is 2.63. The summed E-state index contributed by atoms with van der Waals surface area (Å²) in [7, 11) is 0. The fourth-order valence-electron chi connectivity index (χ4n) is 2.84. The van der Waals surface area contributed by atoms with Gasteiger partial charge in [-0.2, -0.15) is 5.10 Å². The molecule has 1 unspecified atom stereocenters. The van der Waals surface area contributed by atoms with E-state index in [-0.39, 0.29) is 17.7 Å². The van der Waals surface area contributed by atoms with Gasteiger partial charge >= 0.3 is 0 Å². The normalized spacial score (nSPS) is 12.2. The van der Waals surface area contributed by atoms with Gasteiger partial charge in [-0.1, -0.05) is 25.1 Å². The van der Waals surface area contributed by atoms with Crippen LogP contribution in [-0.4, -0.2) is 25.8 Å². The highest BCUT2D eigenvalue weighted by Gasteiger charge is 2.15. The van der Waals surface area contributed by atoms with Crippen LogP contribution in [0, 0.1) is 12.7 Å². The second-order valence-corrected chi connectivity index (χ2v) is 6.11. The Labute approximate surface area is 146 Å². The zero-order valence-electron chi connectivity index (χ0n) is 14.7. The minimum Gasteiger partial charge on any atom is -0.365 e. The topological polar surface area (TPSA) is 55.6 Å². The maximum atomic E-state index is 14.3. The molecule has 0 aliphatic heterocycles. The van der Waals surface area contributed by atoms with Crippen molar-refractivity contribution < 1.29 is 4.39 Å². The second kappa shape index (κ2) is 7.42. The summed E-state index contributed by atoms with van der Waals surface area (Å²) in [5, 5.41) is 7.73. The summed E-state index contributed by atoms with van der Waals surface area (Å²) in [6, 6.07) is 12.0. The van der Waals surface area contributed by atoms with Crippen LogP contribution in [0.1, 0.15) is 30.9 Å². The molecule has 2 heterocycles. The molecule has 0 bridgehead atoms. The Bertz CT molecular complexity index is 844. The minimum atomic E-state index is -0.371. The number of aromatic nitrogens is 4. The molecule has 1 aromatic carbocycles. The molecule has 0 spiro atoms. The SMILES string of the molecule is CCc1ncnc(NC(C)Cc2cc(C)nn2-c2ccccc2)c1F. The molecule has 0 saturated carbocycles. The number of nitrogens with zero attached hydrogens (tertiary/aromatic N) is 4. The average molecular weight is 339 g/mol. The zero-order valence-corrected chi connectivity index (χ0v) is 14.7. The molecule has 0 fully saturated rings. The van der Waals surface area contributed by atoms with Crippen molar-refractivity contribution in [1.29, 1.82) is 0 Å². The summed E-state index contributed by atoms with van der Waals surface area (Å²) in [4.78, 5) is 8.00. The summed E-state index contributed by atoms with van der Waals surface area (Å²) in [6.45, 7) is 5.85. The quantitative estimate of drug-likeness (QED) is 0.744. The summed E-state index contributed by atoms with van der Waals surface area (Å²) in [5.41, 5.74) is 3.45. The lowest BCUT2D eigenvalue weighted by Gasteiger charge is -2.16. The van der Waals surface area contributed by atoms with E-state index in [0.29, 0.717) is 18.5 Å². The van der Waals surface area contributed by atoms with Crippen LogP contribution in [0.4, 0.5) is 10.2 Å². The third-order valence-electron chi connectivity index (χ3n) is 4.00. The predicted molar refractivity (Wildman–Crippen MR) is 96.5 cm³/mol. The molecule has 130 valence electrons. The van der Waals surface area contributed by atoms with Gasteiger partial charge < -0.3 is 5.32 Å². The monoisotopic (exact) mass is 339 g/mol. The fourth-order valence-corrected chi connectivity index (χ4v) is 2.84. The van der Waals surface area contributed by atoms with Crippen molar-refractivity contribution in [2.45, 2.75) is 39.7 Å². The second-order valence-electron chi connectivity index (χ2n) is 6.11. The van der Waals surface area contributed by atoms with E-state index in [1.165, 1.54) is 6.33 Å². The number of benzene rings is 1. The van der Waals surface area contributed by atoms with E-state index in [0.717, 1.165) is 17.1 Å². The maximum Gasteiger partial charge on any atom is 0.186 e. The molecule has 5 nitrogen and oxygen atoms in total. The lowest BCUT2D eigenvalue weighted by molar-refractivity contribution is 0.591. The summed E-state index contributed by atoms with van der Waals surface area (Å²) < 4.78 is 16.2. The molecule has 0 aliphatic rings. The first-order chi connectivity index (χ1) is 12.1. The van der Waals surface area contributed by atoms with Crippen LogP contribution in [0.15, 0.2) is 42.7 Å². The molecule has 1 atom stereocenters. The molecule has 0 amide bonds. The summed E-state index contributed by atoms with van der Waals surface area (Å²) >= 11 is 0. The smallest absolute Gasteiger partial charge is 0.186 e. The van der Waals surface area contributed by atoms with Crippen LogP contribution in [0.3, 0.4) is 0 Å². The first-order valence-electron chi connectivity index (χ1n) is 8.45. The number of rotatable bonds is 6. The largest absolute Gasteiger partial charge is 0.365 e. The molecular weight excluding hydrogens is 317 g/mol. The third-order valence-corrected chi connectivity index (χ3v) is 4.00. The third kappa shape index (κ3) is 3.84. The number of anilines is 1. The molecule has 25 heavy (non-hydrogen) atoms. The Hall–Kier alpha value is -2.76. The molecule has 6 heteroatoms. The molecular formula is C19H22FN5. The van der Waals surface area contributed by atoms with Gasteiger partial charge in [0.25, 0.3) is 0 Å². The van der Waals surface area contributed by atoms with Crippen LogP contribution >= 0.6 is 0 Å². The number of aryl methyl sites for hydroxylation is 2. The van der Waals surface area contributed by atoms with Gasteiger partial charge in [-0.05, 0) is 38.5 Å². The van der Waals surface area contributed by atoms with E-state index in [1.54, 1.807) is 0 Å². The van der Waals surface area contributed by atoms with Gasteiger partial charge in [0.2, 0.25) is 0 Å². The standard InChI is InChI=1S/C19H22FN5/c1-4-17-18(20)19(22-12-21-17)23-13(2)10-16-11-14(3)24-25(16)15-8-6-5-7-9-15/h5-9,11-13H,4,10H2,1-3H3,(H,21,22,23). The van der Waals surface area contributed by atoms with Crippen molar-refractivity contribution in [3.05, 3.63) is 65.6 Å². The van der Waals surface area contributed by atoms with E-state index in [4.69, 9.17) is 0 Å². The first-order valence-corrected chi connectivity index (χ1v) is 8.45. The van der Waals surface area contributed by atoms with Crippen molar-refractivity contribution in [2.75, 3.05) is 5.32 Å². The van der Waals surface area contributed by atoms with Crippen LogP contribution < -0.4 is 5.32 Å². The van der Waals surface area contributed by atoms with Crippen molar-refractivity contribution in [2.24, 2.45) is 0 Å². The maximum absolute atomic E-state index is 14.3. The fraction of sp³-hybridized carbons (Fsp3) is 0.316. The van der Waals surface area contributed by atoms with Gasteiger partial charge in [-0.15, -0.1) is 0 Å². The van der Waals surface area contributed by atoms with Crippen molar-refractivity contribution in [3.63, 3.8) is 0 Å². The number of hydrogen-bond acceptors (Lipinski definition) is 4. The van der Waals surface area contributed by atoms with Crippen LogP contribution in [-0.2, 0) is 12.8 Å². The van der Waals surface area contributed by atoms with Gasteiger partial charge in [-0.25, -0.2) is 19.0 Å². The average Bonchev–Trinajstić information content (AvgIpc) is 2.97. The Balaban J connectivity index is 1.79. The van der Waals surface area contributed by atoms with Gasteiger partial charge in [-0.3, -0.25) is 0 Å². The highest BCUT2D eigenvalue weighted by atomic mass is 19.1. The molecule has 0 saturated heterocycles. The Morgan fingerprint density at radius 3 is 2.68 bits per heavy atom. The lowest BCUT2D eigenvalue weighted by atomic mass is 10.1. The van der Waals surface area contributed by atoms with E-state index in [2.05, 4.69) is 26.4 Å². The van der Waals surface area contributed by atoms with E-state index >= 15 is 0 Å². The molecule has 3 rings (SSSR count). The predicted octanol–water partition coefficient (Wildman–Crippen LogP) is 3.72. The number of nitrogens with one attached hydrogen (secondary N) is 1. The number of para-hydroxylation sites is 1. The molecule has 1 N–H and O–H groups in total. The van der Waals surface area contributed by atoms with Crippen molar-refractivity contribution in [3.8, 4) is 5.69 Å². The molecule has 0 radical (unpaired) electrons. The van der Waals surface area contributed by atoms with Crippen molar-refractivity contribution in [1.82, 2.24) is 19.7 Å². The first kappa shape index (κ1) is 17.1. The van der Waals surface area contributed by atoms with E-state index in [9.17, 15) is 4.39 Å². The molecule has 3 aromatic rings. The van der Waals surface area contributed by atoms with E-state index in [1.807, 2.05) is 55.8 Å². The highest BCUT2D eigenvalue weighted by molar-refractivity contribution is 5.39. The van der Waals surface area contributed by atoms with Crippen LogP contribution in [0.2, 0.25) is 0 Å². The van der Waals surface area contributed by atoms with Crippen LogP contribution in [0.25, 0.3) is 5.69 Å². The highest BCUT2D eigenvalue weighted by Crippen LogP contribution is 2.18. The van der Waals surface area contributed by atoms with Crippen molar-refractivity contribution >= 4 is 5.82 Å². The van der Waals surface area contributed by atoms with Gasteiger partial charge in [0.15, 0.2) is 11.6 Å². The van der Waals surface area contributed by atoms with Gasteiger partial charge in [0.1, 0.15) is 6.33 Å². The Morgan fingerprint density at radius 2 is 1.96 bits per heavy atom. The minimum absolute atomic E-state index is 0.00679. The summed E-state index contributed by atoms with van der Waals surface area (Å²) in [5.74, 6) is -0.119. The lowest BCUT2D eigenvalue weighted by Crippen LogP contribution is -2.22. The molecule has 0 aliphatic carbocycles. The van der Waals surface area contributed by atoms with Gasteiger partial charge in [0, 0.05) is 18.2 Å². The zero-order chi connectivity index (χ0) is 17.8. The number of hydrogen-bond donors (Lipinski definition) is 1. The van der Waals surface area contributed by atoms with Crippen LogP contribution in [0.5, 0.6) is 0 Å². The Morgan fingerprint density at radius 1 is 1.20 bits per heavy atom. The van der Waals surface area contributed by atoms with E-state index < -0.39 is 0 Å². The number of halogens is 1.